The number of carbonyl (C=O) groups is 2. The Morgan fingerprint density at radius 2 is 2.07 bits per heavy atom. The molecular weight excluding hydrogens is 452 g/mol. The van der Waals surface area contributed by atoms with Crippen LogP contribution in [0.15, 0.2) is 18.5 Å². The van der Waals surface area contributed by atoms with Gasteiger partial charge in [0.05, 0.1) is 21.6 Å². The minimum atomic E-state index is -4.58. The zero-order valence-corrected chi connectivity index (χ0v) is 16.8. The number of carboxylic acid groups (broad SMARTS) is 1. The highest BCUT2D eigenvalue weighted by molar-refractivity contribution is 7.15. The molecule has 162 valence electrons. The summed E-state index contributed by atoms with van der Waals surface area (Å²) in [5.41, 5.74) is 0.506. The van der Waals surface area contributed by atoms with Gasteiger partial charge in [0.15, 0.2) is 5.01 Å². The van der Waals surface area contributed by atoms with Crippen LogP contribution in [0.25, 0.3) is 10.6 Å². The van der Waals surface area contributed by atoms with Crippen molar-refractivity contribution in [1.29, 1.82) is 0 Å². The lowest BCUT2D eigenvalue weighted by atomic mass is 10.1. The molecule has 0 bridgehead atoms. The van der Waals surface area contributed by atoms with E-state index in [0.717, 1.165) is 6.20 Å². The van der Waals surface area contributed by atoms with Crippen molar-refractivity contribution in [2.45, 2.75) is 44.3 Å². The molecule has 2 aromatic heterocycles. The minimum Gasteiger partial charge on any atom is -0.530 e. The van der Waals surface area contributed by atoms with E-state index in [-0.39, 0.29) is 28.6 Å². The first-order valence-corrected chi connectivity index (χ1v) is 9.77. The number of aromatic nitrogens is 2. The van der Waals surface area contributed by atoms with Crippen LogP contribution in [0.2, 0.25) is 5.02 Å². The SMILES string of the molecule is CC1C(F)CC(C(=O)NCc2cc(-c3cnc(C(F)(F)F)s3)ncc2Cl)N1C(=O)[O-]. The van der Waals surface area contributed by atoms with Gasteiger partial charge in [-0.3, -0.25) is 9.78 Å². The fourth-order valence-electron chi connectivity index (χ4n) is 3.08. The van der Waals surface area contributed by atoms with Gasteiger partial charge in [-0.15, -0.1) is 11.3 Å². The Labute approximate surface area is 176 Å². The summed E-state index contributed by atoms with van der Waals surface area (Å²) in [5, 5.41) is 12.8. The van der Waals surface area contributed by atoms with Crippen LogP contribution < -0.4 is 10.4 Å². The lowest BCUT2D eigenvalue weighted by molar-refractivity contribution is -0.268. The molecule has 7 nitrogen and oxygen atoms in total. The van der Waals surface area contributed by atoms with Crippen LogP contribution in [0.5, 0.6) is 0 Å². The number of rotatable bonds is 4. The third-order valence-corrected chi connectivity index (χ3v) is 6.05. The number of halogens is 5. The highest BCUT2D eigenvalue weighted by atomic mass is 35.5. The van der Waals surface area contributed by atoms with Gasteiger partial charge in [-0.25, -0.2) is 9.37 Å². The van der Waals surface area contributed by atoms with E-state index in [1.54, 1.807) is 0 Å². The summed E-state index contributed by atoms with van der Waals surface area (Å²) in [6, 6.07) is -0.880. The lowest BCUT2D eigenvalue weighted by Gasteiger charge is -2.29. The van der Waals surface area contributed by atoms with E-state index >= 15 is 0 Å². The standard InChI is InChI=1S/C17H15ClF4N4O3S/c1-7-10(19)3-12(26(7)16(28)29)14(27)24-4-8-2-11(23-5-9(8)18)13-6-25-15(30-13)17(20,21)22/h2,5-7,10,12H,3-4H2,1H3,(H,24,27)(H,28,29)/p-1. The zero-order chi connectivity index (χ0) is 22.2. The molecule has 1 aliphatic rings. The maximum atomic E-state index is 13.9. The van der Waals surface area contributed by atoms with Gasteiger partial charge in [0.2, 0.25) is 5.91 Å². The van der Waals surface area contributed by atoms with Crippen LogP contribution in [-0.4, -0.2) is 45.1 Å². The van der Waals surface area contributed by atoms with E-state index in [1.807, 2.05) is 0 Å². The average molecular weight is 466 g/mol. The largest absolute Gasteiger partial charge is 0.530 e. The van der Waals surface area contributed by atoms with E-state index in [2.05, 4.69) is 15.3 Å². The second-order valence-electron chi connectivity index (χ2n) is 6.59. The van der Waals surface area contributed by atoms with Crippen molar-refractivity contribution in [3.05, 3.63) is 34.1 Å². The predicted octanol–water partition coefficient (Wildman–Crippen LogP) is 2.64. The molecule has 0 aromatic carbocycles. The molecule has 0 aliphatic carbocycles. The molecule has 1 fully saturated rings. The monoisotopic (exact) mass is 465 g/mol. The first kappa shape index (κ1) is 22.2. The van der Waals surface area contributed by atoms with Gasteiger partial charge in [-0.2, -0.15) is 13.2 Å². The molecule has 1 aliphatic heterocycles. The molecule has 3 heterocycles. The first-order valence-electron chi connectivity index (χ1n) is 8.58. The molecule has 3 rings (SSSR count). The van der Waals surface area contributed by atoms with E-state index < -0.39 is 41.4 Å². The Kier molecular flexibility index (Phi) is 6.18. The van der Waals surface area contributed by atoms with Crippen molar-refractivity contribution in [3.8, 4) is 10.6 Å². The van der Waals surface area contributed by atoms with Crippen molar-refractivity contribution >= 4 is 34.9 Å². The number of nitrogens with one attached hydrogen (secondary N) is 1. The predicted molar refractivity (Wildman–Crippen MR) is 97.2 cm³/mol. The number of thiazole rings is 1. The van der Waals surface area contributed by atoms with Crippen LogP contribution >= 0.6 is 22.9 Å². The van der Waals surface area contributed by atoms with Crippen molar-refractivity contribution in [2.75, 3.05) is 0 Å². The zero-order valence-electron chi connectivity index (χ0n) is 15.2. The fraction of sp³-hybridized carbons (Fsp3) is 0.412. The lowest BCUT2D eigenvalue weighted by Crippen LogP contribution is -2.53. The second kappa shape index (κ2) is 8.34. The average Bonchev–Trinajstić information content (AvgIpc) is 3.26. The molecule has 1 saturated heterocycles. The molecule has 30 heavy (non-hydrogen) atoms. The second-order valence-corrected chi connectivity index (χ2v) is 8.03. The molecule has 3 atom stereocenters. The maximum absolute atomic E-state index is 13.9. The molecule has 13 heteroatoms. The quantitative estimate of drug-likeness (QED) is 0.700. The third-order valence-electron chi connectivity index (χ3n) is 4.65. The molecule has 1 N–H and O–H groups in total. The Hall–Kier alpha value is -2.47. The Balaban J connectivity index is 1.74. The van der Waals surface area contributed by atoms with Crippen LogP contribution in [0, 0.1) is 0 Å². The van der Waals surface area contributed by atoms with Crippen molar-refractivity contribution in [1.82, 2.24) is 20.2 Å². The van der Waals surface area contributed by atoms with Gasteiger partial charge in [0.25, 0.3) is 0 Å². The van der Waals surface area contributed by atoms with Gasteiger partial charge in [-0.1, -0.05) is 11.6 Å². The molecule has 3 unspecified atom stereocenters. The Morgan fingerprint density at radius 1 is 1.37 bits per heavy atom. The molecule has 0 spiro atoms. The van der Waals surface area contributed by atoms with Crippen molar-refractivity contribution in [2.24, 2.45) is 0 Å². The summed E-state index contributed by atoms with van der Waals surface area (Å²) < 4.78 is 52.1. The topological polar surface area (TPSA) is 98.2 Å². The van der Waals surface area contributed by atoms with Gasteiger partial charge in [-0.05, 0) is 18.6 Å². The maximum Gasteiger partial charge on any atom is 0.443 e. The normalized spacial score (nSPS) is 21.7. The van der Waals surface area contributed by atoms with E-state index in [4.69, 9.17) is 11.6 Å². The van der Waals surface area contributed by atoms with E-state index in [9.17, 15) is 32.3 Å². The first-order chi connectivity index (χ1) is 14.0. The molecule has 0 radical (unpaired) electrons. The van der Waals surface area contributed by atoms with Crippen LogP contribution in [0.4, 0.5) is 22.4 Å². The van der Waals surface area contributed by atoms with Gasteiger partial charge in [0.1, 0.15) is 18.3 Å². The highest BCUT2D eigenvalue weighted by Crippen LogP contribution is 2.36. The number of alkyl halides is 4. The number of nitrogens with zero attached hydrogens (tertiary/aromatic N) is 3. The smallest absolute Gasteiger partial charge is 0.443 e. The summed E-state index contributed by atoms with van der Waals surface area (Å²) in [4.78, 5) is 31.7. The number of carbonyl (C=O) groups excluding carboxylic acids is 2. The number of pyridine rings is 1. The number of hydrogen-bond acceptors (Lipinski definition) is 6. The molecule has 0 saturated carbocycles. The summed E-state index contributed by atoms with van der Waals surface area (Å²) in [7, 11) is 0. The minimum absolute atomic E-state index is 0.138. The number of hydrogen-bond donors (Lipinski definition) is 1. The highest BCUT2D eigenvalue weighted by Gasteiger charge is 2.42. The fourth-order valence-corrected chi connectivity index (χ4v) is 4.00. The summed E-state index contributed by atoms with van der Waals surface area (Å²) in [5.74, 6) is -0.738. The van der Waals surface area contributed by atoms with E-state index in [0.29, 0.717) is 21.8 Å². The molecule has 2 aromatic rings. The van der Waals surface area contributed by atoms with Crippen molar-refractivity contribution < 1.29 is 32.3 Å². The van der Waals surface area contributed by atoms with Gasteiger partial charge in [0, 0.05) is 25.4 Å². The van der Waals surface area contributed by atoms with Crippen LogP contribution in [-0.2, 0) is 17.5 Å². The van der Waals surface area contributed by atoms with Crippen molar-refractivity contribution in [3.63, 3.8) is 0 Å². The van der Waals surface area contributed by atoms with Crippen LogP contribution in [0.1, 0.15) is 23.9 Å². The van der Waals surface area contributed by atoms with E-state index in [1.165, 1.54) is 19.2 Å². The Morgan fingerprint density at radius 3 is 2.67 bits per heavy atom. The summed E-state index contributed by atoms with van der Waals surface area (Å²) in [6.45, 7) is 1.17. The van der Waals surface area contributed by atoms with Gasteiger partial charge >= 0.3 is 6.18 Å². The van der Waals surface area contributed by atoms with Gasteiger partial charge < -0.3 is 20.1 Å². The molecular formula is C17H14ClF4N4O3S-. The Bertz CT molecular complexity index is 971. The molecule has 2 amide bonds. The third kappa shape index (κ3) is 4.48. The van der Waals surface area contributed by atoms with Crippen LogP contribution in [0.3, 0.4) is 0 Å². The summed E-state index contributed by atoms with van der Waals surface area (Å²) >= 11 is 6.46. The summed E-state index contributed by atoms with van der Waals surface area (Å²) in [6.07, 6.45) is -5.80. The number of likely N-dealkylation sites (tertiary alicyclic amines) is 1. The number of amides is 2.